The average Bonchev–Trinajstić information content (AvgIpc) is 2.66. The van der Waals surface area contributed by atoms with E-state index in [0.717, 1.165) is 25.8 Å². The van der Waals surface area contributed by atoms with Crippen molar-refractivity contribution < 1.29 is 9.90 Å². The van der Waals surface area contributed by atoms with Crippen LogP contribution in [-0.4, -0.2) is 23.7 Å². The minimum Gasteiger partial charge on any atom is -0.480 e. The van der Waals surface area contributed by atoms with Crippen molar-refractivity contribution in [3.05, 3.63) is 13.2 Å². The van der Waals surface area contributed by atoms with Crippen molar-refractivity contribution in [1.29, 1.82) is 0 Å². The molecule has 1 aliphatic carbocycles. The fourth-order valence-electron chi connectivity index (χ4n) is 1.87. The molecule has 2 fully saturated rings. The van der Waals surface area contributed by atoms with Gasteiger partial charge in [0.05, 0.1) is 0 Å². The van der Waals surface area contributed by atoms with E-state index >= 15 is 0 Å². The summed E-state index contributed by atoms with van der Waals surface area (Å²) >= 11 is 0. The Kier molecular flexibility index (Phi) is 2.52. The van der Waals surface area contributed by atoms with Crippen LogP contribution in [0.2, 0.25) is 0 Å². The zero-order chi connectivity index (χ0) is 9.19. The number of hydrogen-bond acceptors (Lipinski definition) is 2. The lowest BCUT2D eigenvalue weighted by Crippen LogP contribution is -2.36. The monoisotopic (exact) mass is 169 g/mol. The normalized spacial score (nSPS) is 29.2. The molecule has 3 heteroatoms. The number of aliphatic carboxylic acids is 1. The highest BCUT2D eigenvalue weighted by Gasteiger charge is 2.55. The first-order valence-electron chi connectivity index (χ1n) is 4.21. The Morgan fingerprint density at radius 3 is 2.33 bits per heavy atom. The zero-order valence-corrected chi connectivity index (χ0v) is 7.18. The topological polar surface area (TPSA) is 49.3 Å². The van der Waals surface area contributed by atoms with Crippen LogP contribution < -0.4 is 5.32 Å². The highest BCUT2D eigenvalue weighted by molar-refractivity contribution is 5.75. The molecule has 68 valence electrons. The number of hydrogen-bond donors (Lipinski definition) is 2. The van der Waals surface area contributed by atoms with Gasteiger partial charge in [0.25, 0.3) is 0 Å². The van der Waals surface area contributed by atoms with Crippen molar-refractivity contribution >= 4 is 5.97 Å². The first-order valence-corrected chi connectivity index (χ1v) is 4.21. The highest BCUT2D eigenvalue weighted by atomic mass is 16.4. The Morgan fingerprint density at radius 1 is 1.42 bits per heavy atom. The summed E-state index contributed by atoms with van der Waals surface area (Å²) in [6.45, 7) is 6.89. The summed E-state index contributed by atoms with van der Waals surface area (Å²) in [5.41, 5.74) is 0.172. The van der Waals surface area contributed by atoms with Crippen LogP contribution in [-0.2, 0) is 4.79 Å². The van der Waals surface area contributed by atoms with Crippen molar-refractivity contribution in [3.8, 4) is 0 Å². The summed E-state index contributed by atoms with van der Waals surface area (Å²) in [7, 11) is 0. The quantitative estimate of drug-likeness (QED) is 0.576. The average molecular weight is 169 g/mol. The Bertz CT molecular complexity index is 187. The standard InChI is InChI=1S/C7H11NO2.C2H4/c9-6(10)5-7(1-2-7)3-4-8-5;1-2/h5,8H,1-4H2,(H,9,10);1-2H2. The SMILES string of the molecule is C=C.O=C(O)C1NCCC12CC2. The van der Waals surface area contributed by atoms with Crippen molar-refractivity contribution in [2.75, 3.05) is 6.54 Å². The van der Waals surface area contributed by atoms with Gasteiger partial charge in [-0.15, -0.1) is 13.2 Å². The number of rotatable bonds is 1. The van der Waals surface area contributed by atoms with E-state index < -0.39 is 5.97 Å². The summed E-state index contributed by atoms with van der Waals surface area (Å²) in [6, 6.07) is -0.243. The van der Waals surface area contributed by atoms with Crippen molar-refractivity contribution in [3.63, 3.8) is 0 Å². The third-order valence-electron chi connectivity index (χ3n) is 2.72. The van der Waals surface area contributed by atoms with Gasteiger partial charge in [-0.3, -0.25) is 4.79 Å². The van der Waals surface area contributed by atoms with E-state index in [0.29, 0.717) is 0 Å². The number of carboxylic acids is 1. The maximum atomic E-state index is 10.6. The number of carboxylic acid groups (broad SMARTS) is 1. The molecule has 2 N–H and O–H groups in total. The molecule has 1 saturated heterocycles. The second kappa shape index (κ2) is 3.27. The van der Waals surface area contributed by atoms with Crippen LogP contribution in [0.25, 0.3) is 0 Å². The predicted octanol–water partition coefficient (Wildman–Crippen LogP) is 1.02. The molecular weight excluding hydrogens is 154 g/mol. The van der Waals surface area contributed by atoms with E-state index in [1.807, 2.05) is 0 Å². The Morgan fingerprint density at radius 2 is 2.00 bits per heavy atom. The molecule has 3 nitrogen and oxygen atoms in total. The summed E-state index contributed by atoms with van der Waals surface area (Å²) in [5, 5.41) is 11.7. The van der Waals surface area contributed by atoms with E-state index in [1.54, 1.807) is 0 Å². The van der Waals surface area contributed by atoms with Crippen LogP contribution >= 0.6 is 0 Å². The third kappa shape index (κ3) is 1.37. The van der Waals surface area contributed by atoms with Gasteiger partial charge in [0.15, 0.2) is 0 Å². The second-order valence-corrected chi connectivity index (χ2v) is 3.34. The van der Waals surface area contributed by atoms with Crippen LogP contribution in [0.1, 0.15) is 19.3 Å². The first-order chi connectivity index (χ1) is 5.75. The van der Waals surface area contributed by atoms with E-state index in [2.05, 4.69) is 18.5 Å². The van der Waals surface area contributed by atoms with Crippen LogP contribution in [0.15, 0.2) is 13.2 Å². The van der Waals surface area contributed by atoms with Gasteiger partial charge < -0.3 is 10.4 Å². The van der Waals surface area contributed by atoms with Gasteiger partial charge in [0.1, 0.15) is 6.04 Å². The third-order valence-corrected chi connectivity index (χ3v) is 2.72. The molecule has 0 aromatic carbocycles. The molecular formula is C9H15NO2. The predicted molar refractivity (Wildman–Crippen MR) is 47.0 cm³/mol. The lowest BCUT2D eigenvalue weighted by Gasteiger charge is -2.11. The number of nitrogens with one attached hydrogen (secondary N) is 1. The molecule has 2 rings (SSSR count). The van der Waals surface area contributed by atoms with Gasteiger partial charge in [-0.2, -0.15) is 0 Å². The van der Waals surface area contributed by atoms with Gasteiger partial charge >= 0.3 is 5.97 Å². The molecule has 1 spiro atoms. The van der Waals surface area contributed by atoms with Crippen molar-refractivity contribution in [2.24, 2.45) is 5.41 Å². The van der Waals surface area contributed by atoms with E-state index in [1.165, 1.54) is 0 Å². The summed E-state index contributed by atoms with van der Waals surface area (Å²) in [4.78, 5) is 10.6. The minimum atomic E-state index is -0.671. The maximum absolute atomic E-state index is 10.6. The van der Waals surface area contributed by atoms with E-state index in [4.69, 9.17) is 5.11 Å². The van der Waals surface area contributed by atoms with Crippen molar-refractivity contribution in [1.82, 2.24) is 5.32 Å². The zero-order valence-electron chi connectivity index (χ0n) is 7.18. The molecule has 0 bridgehead atoms. The largest absolute Gasteiger partial charge is 0.480 e. The van der Waals surface area contributed by atoms with Gasteiger partial charge in [0.2, 0.25) is 0 Å². The fraction of sp³-hybridized carbons (Fsp3) is 0.667. The Balaban J connectivity index is 0.000000336. The summed E-state index contributed by atoms with van der Waals surface area (Å²) in [6.07, 6.45) is 3.28. The second-order valence-electron chi connectivity index (χ2n) is 3.34. The summed E-state index contributed by atoms with van der Waals surface area (Å²) in [5.74, 6) is -0.671. The Labute approximate surface area is 72.5 Å². The van der Waals surface area contributed by atoms with Gasteiger partial charge in [-0.25, -0.2) is 0 Å². The molecule has 1 atom stereocenters. The summed E-state index contributed by atoms with van der Waals surface area (Å²) < 4.78 is 0. The maximum Gasteiger partial charge on any atom is 0.321 e. The van der Waals surface area contributed by atoms with Gasteiger partial charge in [0, 0.05) is 0 Å². The smallest absolute Gasteiger partial charge is 0.321 e. The van der Waals surface area contributed by atoms with Crippen LogP contribution in [0, 0.1) is 5.41 Å². The molecule has 0 aromatic heterocycles. The minimum absolute atomic E-state index is 0.172. The lowest BCUT2D eigenvalue weighted by molar-refractivity contribution is -0.140. The van der Waals surface area contributed by atoms with E-state index in [-0.39, 0.29) is 11.5 Å². The molecule has 0 amide bonds. The molecule has 12 heavy (non-hydrogen) atoms. The number of carbonyl (C=O) groups is 1. The molecule has 0 aromatic rings. The van der Waals surface area contributed by atoms with E-state index in [9.17, 15) is 4.79 Å². The van der Waals surface area contributed by atoms with Gasteiger partial charge in [-0.05, 0) is 31.2 Å². The molecule has 2 aliphatic rings. The van der Waals surface area contributed by atoms with Crippen LogP contribution in [0.5, 0.6) is 0 Å². The van der Waals surface area contributed by atoms with Gasteiger partial charge in [-0.1, -0.05) is 0 Å². The molecule has 0 radical (unpaired) electrons. The fourth-order valence-corrected chi connectivity index (χ4v) is 1.87. The van der Waals surface area contributed by atoms with Crippen LogP contribution in [0.3, 0.4) is 0 Å². The Hall–Kier alpha value is -0.830. The molecule has 1 saturated carbocycles. The highest BCUT2D eigenvalue weighted by Crippen LogP contribution is 2.54. The van der Waals surface area contributed by atoms with Crippen LogP contribution in [0.4, 0.5) is 0 Å². The van der Waals surface area contributed by atoms with Crippen molar-refractivity contribution in [2.45, 2.75) is 25.3 Å². The molecule has 1 unspecified atom stereocenters. The molecule has 1 aliphatic heterocycles. The first kappa shape index (κ1) is 9.26. The molecule has 1 heterocycles. The lowest BCUT2D eigenvalue weighted by atomic mass is 9.98.